The number of anilines is 1. The molecule has 0 aliphatic carbocycles. The van der Waals surface area contributed by atoms with Crippen LogP contribution >= 0.6 is 12.8 Å². The molecular formula is C16H16F3N5OS. The molecule has 1 aromatic carbocycles. The minimum atomic E-state index is -4.41. The van der Waals surface area contributed by atoms with Gasteiger partial charge in [0.15, 0.2) is 11.5 Å². The first-order valence-electron chi connectivity index (χ1n) is 7.73. The molecule has 0 atom stereocenters. The van der Waals surface area contributed by atoms with E-state index < -0.39 is 17.4 Å². The first kappa shape index (κ1) is 18.3. The molecule has 138 valence electrons. The molecule has 0 aliphatic rings. The summed E-state index contributed by atoms with van der Waals surface area (Å²) in [5, 5.41) is 0. The number of aromatic nitrogens is 4. The molecule has 0 unspecified atom stereocenters. The zero-order valence-corrected chi connectivity index (χ0v) is 14.8. The van der Waals surface area contributed by atoms with Gasteiger partial charge in [-0.2, -0.15) is 13.2 Å². The zero-order chi connectivity index (χ0) is 19.2. The van der Waals surface area contributed by atoms with Crippen LogP contribution in [0.2, 0.25) is 0 Å². The van der Waals surface area contributed by atoms with Crippen molar-refractivity contribution < 1.29 is 13.2 Å². The fourth-order valence-electron chi connectivity index (χ4n) is 2.55. The highest BCUT2D eigenvalue weighted by Gasteiger charge is 2.30. The fraction of sp³-hybridized carbons (Fsp3) is 0.312. The van der Waals surface area contributed by atoms with E-state index in [-0.39, 0.29) is 23.8 Å². The van der Waals surface area contributed by atoms with Crippen molar-refractivity contribution in [2.24, 2.45) is 0 Å². The number of halogens is 3. The lowest BCUT2D eigenvalue weighted by molar-refractivity contribution is -0.137. The number of nitrogen functional groups attached to an aromatic ring is 1. The molecule has 0 saturated carbocycles. The predicted molar refractivity (Wildman–Crippen MR) is 95.2 cm³/mol. The van der Waals surface area contributed by atoms with Crippen LogP contribution in [0.25, 0.3) is 11.2 Å². The number of benzene rings is 1. The largest absolute Gasteiger partial charge is 0.416 e. The molecule has 3 rings (SSSR count). The topological polar surface area (TPSA) is 78.7 Å². The third-order valence-corrected chi connectivity index (χ3v) is 4.30. The Kier molecular flexibility index (Phi) is 4.47. The molecule has 0 amide bonds. The van der Waals surface area contributed by atoms with Crippen molar-refractivity contribution in [1.29, 1.82) is 0 Å². The van der Waals surface area contributed by atoms with Crippen LogP contribution in [0, 0.1) is 0 Å². The Bertz CT molecular complexity index is 1020. The summed E-state index contributed by atoms with van der Waals surface area (Å²) in [6.45, 7) is 3.81. The van der Waals surface area contributed by atoms with Gasteiger partial charge in [-0.1, -0.05) is 38.8 Å². The summed E-state index contributed by atoms with van der Waals surface area (Å²) in [5.41, 5.74) is 5.78. The second-order valence-electron chi connectivity index (χ2n) is 6.17. The number of rotatable bonds is 3. The maximum atomic E-state index is 12.7. The van der Waals surface area contributed by atoms with Gasteiger partial charge in [0, 0.05) is 5.92 Å². The minimum Gasteiger partial charge on any atom is -0.382 e. The number of fused-ring (bicyclic) bond motifs is 1. The van der Waals surface area contributed by atoms with E-state index >= 15 is 0 Å². The number of hydrogen-bond donors (Lipinski definition) is 2. The van der Waals surface area contributed by atoms with Crippen LogP contribution < -0.4 is 11.4 Å². The van der Waals surface area contributed by atoms with Crippen molar-refractivity contribution in [3.05, 3.63) is 51.7 Å². The Morgan fingerprint density at radius 2 is 1.81 bits per heavy atom. The molecule has 26 heavy (non-hydrogen) atoms. The van der Waals surface area contributed by atoms with Crippen LogP contribution in [0.15, 0.2) is 29.1 Å². The lowest BCUT2D eigenvalue weighted by Crippen LogP contribution is -2.21. The molecule has 6 nitrogen and oxygen atoms in total. The molecule has 0 fully saturated rings. The van der Waals surface area contributed by atoms with E-state index in [1.54, 1.807) is 0 Å². The first-order valence-corrected chi connectivity index (χ1v) is 8.13. The first-order chi connectivity index (χ1) is 12.1. The van der Waals surface area contributed by atoms with Gasteiger partial charge >= 0.3 is 11.9 Å². The minimum absolute atomic E-state index is 0.0143. The quantitative estimate of drug-likeness (QED) is 0.682. The number of imidazole rings is 1. The molecule has 0 aliphatic heterocycles. The third kappa shape index (κ3) is 3.16. The predicted octanol–water partition coefficient (Wildman–Crippen LogP) is 3.06. The number of alkyl halides is 3. The summed E-state index contributed by atoms with van der Waals surface area (Å²) in [7, 11) is 0. The molecule has 2 aromatic heterocycles. The number of nitrogens with zero attached hydrogens (tertiary/aromatic N) is 4. The van der Waals surface area contributed by atoms with E-state index in [0.29, 0.717) is 17.0 Å². The van der Waals surface area contributed by atoms with Gasteiger partial charge in [-0.05, 0) is 17.7 Å². The smallest absolute Gasteiger partial charge is 0.382 e. The summed E-state index contributed by atoms with van der Waals surface area (Å²) in [4.78, 5) is 21.1. The fourth-order valence-corrected chi connectivity index (χ4v) is 2.85. The lowest BCUT2D eigenvalue weighted by Gasteiger charge is -2.09. The zero-order valence-electron chi connectivity index (χ0n) is 13.9. The SMILES string of the molecule is CC(C)c1nc(N)c2c(n1)n(Cc1ccc(C(F)(F)F)cc1)c(=O)n2S. The van der Waals surface area contributed by atoms with Crippen molar-refractivity contribution in [3.63, 3.8) is 0 Å². The monoisotopic (exact) mass is 383 g/mol. The molecular weight excluding hydrogens is 367 g/mol. The molecule has 0 radical (unpaired) electrons. The van der Waals surface area contributed by atoms with Crippen LogP contribution in [0.1, 0.15) is 36.7 Å². The molecule has 10 heteroatoms. The van der Waals surface area contributed by atoms with Gasteiger partial charge in [0.1, 0.15) is 11.3 Å². The lowest BCUT2D eigenvalue weighted by atomic mass is 10.1. The second kappa shape index (κ2) is 6.35. The Morgan fingerprint density at radius 3 is 2.35 bits per heavy atom. The average molecular weight is 383 g/mol. The van der Waals surface area contributed by atoms with E-state index in [2.05, 4.69) is 22.8 Å². The summed E-state index contributed by atoms with van der Waals surface area (Å²) >= 11 is 4.14. The number of hydrogen-bond acceptors (Lipinski definition) is 5. The van der Waals surface area contributed by atoms with E-state index in [0.717, 1.165) is 16.1 Å². The summed E-state index contributed by atoms with van der Waals surface area (Å²) in [5.74, 6) is 0.576. The van der Waals surface area contributed by atoms with Crippen molar-refractivity contribution in [2.75, 3.05) is 5.73 Å². The highest BCUT2D eigenvalue weighted by molar-refractivity contribution is 7.78. The molecule has 0 saturated heterocycles. The molecule has 2 N–H and O–H groups in total. The summed E-state index contributed by atoms with van der Waals surface area (Å²) in [6.07, 6.45) is -4.41. The van der Waals surface area contributed by atoms with Crippen molar-refractivity contribution in [3.8, 4) is 0 Å². The van der Waals surface area contributed by atoms with Gasteiger partial charge in [-0.3, -0.25) is 4.57 Å². The standard InChI is InChI=1S/C16H16F3N5OS/c1-8(2)13-21-12(20)11-14(22-13)23(15(25)24(11)26)7-9-3-5-10(6-4-9)16(17,18)19/h3-6,8,26H,7H2,1-2H3,(H2,20,21,22). The van der Waals surface area contributed by atoms with Crippen LogP contribution in [0.5, 0.6) is 0 Å². The molecule has 0 spiro atoms. The summed E-state index contributed by atoms with van der Waals surface area (Å²) in [6, 6.07) is 4.60. The Hall–Kier alpha value is -2.49. The highest BCUT2D eigenvalue weighted by Crippen LogP contribution is 2.29. The van der Waals surface area contributed by atoms with Crippen LogP contribution in [-0.4, -0.2) is 18.5 Å². The number of thiol groups is 1. The number of nitrogens with two attached hydrogens (primary N) is 1. The van der Waals surface area contributed by atoms with Gasteiger partial charge in [-0.25, -0.2) is 18.7 Å². The van der Waals surface area contributed by atoms with Gasteiger partial charge in [-0.15, -0.1) is 0 Å². The van der Waals surface area contributed by atoms with E-state index in [1.807, 2.05) is 13.8 Å². The summed E-state index contributed by atoms with van der Waals surface area (Å²) < 4.78 is 40.4. The van der Waals surface area contributed by atoms with Gasteiger partial charge in [0.2, 0.25) is 0 Å². The van der Waals surface area contributed by atoms with Crippen LogP contribution in [0.4, 0.5) is 19.0 Å². The van der Waals surface area contributed by atoms with Gasteiger partial charge in [0.25, 0.3) is 0 Å². The van der Waals surface area contributed by atoms with Gasteiger partial charge < -0.3 is 5.73 Å². The van der Waals surface area contributed by atoms with E-state index in [9.17, 15) is 18.0 Å². The van der Waals surface area contributed by atoms with Crippen LogP contribution in [0.3, 0.4) is 0 Å². The van der Waals surface area contributed by atoms with Crippen molar-refractivity contribution in [2.45, 2.75) is 32.5 Å². The molecule has 3 aromatic rings. The van der Waals surface area contributed by atoms with E-state index in [4.69, 9.17) is 5.73 Å². The highest BCUT2D eigenvalue weighted by atomic mass is 32.1. The second-order valence-corrected chi connectivity index (χ2v) is 6.57. The molecule has 0 bridgehead atoms. The Morgan fingerprint density at radius 1 is 1.19 bits per heavy atom. The van der Waals surface area contributed by atoms with Crippen molar-refractivity contribution in [1.82, 2.24) is 18.5 Å². The maximum absolute atomic E-state index is 12.7. The van der Waals surface area contributed by atoms with Crippen LogP contribution in [-0.2, 0) is 12.7 Å². The normalized spacial score (nSPS) is 12.3. The molecule has 2 heterocycles. The third-order valence-electron chi connectivity index (χ3n) is 3.93. The van der Waals surface area contributed by atoms with Gasteiger partial charge in [0.05, 0.1) is 12.1 Å². The maximum Gasteiger partial charge on any atom is 0.416 e. The van der Waals surface area contributed by atoms with E-state index in [1.165, 1.54) is 16.7 Å². The van der Waals surface area contributed by atoms with Crippen molar-refractivity contribution >= 4 is 29.8 Å². The Balaban J connectivity index is 2.10. The average Bonchev–Trinajstić information content (AvgIpc) is 2.79. The Labute approximate surface area is 152 Å².